The third-order valence-corrected chi connectivity index (χ3v) is 18.6. The van der Waals surface area contributed by atoms with Gasteiger partial charge in [0.2, 0.25) is 0 Å². The molecule has 542 valence electrons. The van der Waals surface area contributed by atoms with Crippen LogP contribution < -0.4 is 21.3 Å². The van der Waals surface area contributed by atoms with Crippen LogP contribution in [0.15, 0.2) is 207 Å². The molecule has 5 amide bonds. The number of likely N-dealkylation sites (tertiary alicyclic amines) is 1. The minimum atomic E-state index is -0.930. The van der Waals surface area contributed by atoms with Crippen molar-refractivity contribution in [2.24, 2.45) is 0 Å². The zero-order chi connectivity index (χ0) is 75.9. The Kier molecular flexibility index (Phi) is 21.7. The van der Waals surface area contributed by atoms with Gasteiger partial charge in [0, 0.05) is 81.7 Å². The van der Waals surface area contributed by atoms with Gasteiger partial charge in [-0.3, -0.25) is 19.7 Å². The molecule has 25 heteroatoms. The van der Waals surface area contributed by atoms with Crippen molar-refractivity contribution < 1.29 is 50.4 Å². The first kappa shape index (κ1) is 73.1. The number of amides is 5. The van der Waals surface area contributed by atoms with E-state index in [-0.39, 0.29) is 23.3 Å². The summed E-state index contributed by atoms with van der Waals surface area (Å²) in [7, 11) is 0. The first-order valence-corrected chi connectivity index (χ1v) is 34.7. The van der Waals surface area contributed by atoms with Gasteiger partial charge in [-0.05, 0) is 253 Å². The smallest absolute Gasteiger partial charge is 0.323 e. The summed E-state index contributed by atoms with van der Waals surface area (Å²) in [4.78, 5) is 68.0. The summed E-state index contributed by atoms with van der Waals surface area (Å²) in [5, 5.41) is 31.0. The maximum Gasteiger partial charge on any atom is 0.323 e. The fraction of sp³-hybridized carbons (Fsp3) is 0.157. The van der Waals surface area contributed by atoms with Gasteiger partial charge in [-0.15, -0.1) is 0 Å². The first-order valence-electron chi connectivity index (χ1n) is 34.4. The Bertz CT molecular complexity index is 5680. The molecule has 1 aliphatic heterocycles. The molecular formula is C83H69ClF3N13O8. The minimum Gasteiger partial charge on any atom is -0.356 e. The van der Waals surface area contributed by atoms with Crippen molar-refractivity contribution in [3.05, 3.63) is 273 Å². The fourth-order valence-electron chi connectivity index (χ4n) is 12.4. The second kappa shape index (κ2) is 32.0. The average Bonchev–Trinajstić information content (AvgIpc) is 1.49. The second-order valence-electron chi connectivity index (χ2n) is 25.9. The van der Waals surface area contributed by atoms with E-state index in [9.17, 15) is 32.3 Å². The lowest BCUT2D eigenvalue weighted by atomic mass is 10.00. The van der Waals surface area contributed by atoms with Crippen LogP contribution in [0.3, 0.4) is 0 Å². The Hall–Kier alpha value is -13.2. The van der Waals surface area contributed by atoms with Crippen LogP contribution in [-0.2, 0) is 0 Å². The molecule has 15 aromatic rings. The number of anilines is 4. The lowest BCUT2D eigenvalue weighted by Crippen LogP contribution is -2.38. The molecule has 1 saturated heterocycles. The summed E-state index contributed by atoms with van der Waals surface area (Å²) in [5.74, 6) is -2.61. The number of nitrogens with one attached hydrogen (secondary N) is 4. The monoisotopic (exact) mass is 1470 g/mol. The normalized spacial score (nSPS) is 11.8. The predicted octanol–water partition coefficient (Wildman–Crippen LogP) is 19.9. The van der Waals surface area contributed by atoms with Gasteiger partial charge in [-0.2, -0.15) is 0 Å². The van der Waals surface area contributed by atoms with Gasteiger partial charge in [-0.1, -0.05) is 62.6 Å². The number of piperidine rings is 1. The summed E-state index contributed by atoms with van der Waals surface area (Å²) < 4.78 is 62.6. The molecule has 7 aromatic carbocycles. The molecule has 1 fully saturated rings. The Balaban J connectivity index is 0.000000127. The molecule has 0 spiro atoms. The number of aryl methyl sites for hydroxylation is 8. The van der Waals surface area contributed by atoms with Gasteiger partial charge >= 0.3 is 6.03 Å². The number of aromatic nitrogens is 8. The lowest BCUT2D eigenvalue weighted by molar-refractivity contribution is 0.101. The molecule has 21 nitrogen and oxygen atoms in total. The molecule has 1 aliphatic rings. The molecule has 0 unspecified atom stereocenters. The fourth-order valence-corrected chi connectivity index (χ4v) is 12.7. The van der Waals surface area contributed by atoms with Gasteiger partial charge in [0.05, 0.1) is 38.9 Å². The van der Waals surface area contributed by atoms with Crippen molar-refractivity contribution in [1.29, 1.82) is 0 Å². The van der Waals surface area contributed by atoms with Crippen LogP contribution >= 0.6 is 11.6 Å². The van der Waals surface area contributed by atoms with E-state index in [2.05, 4.69) is 80.9 Å². The Labute approximate surface area is 621 Å². The van der Waals surface area contributed by atoms with Crippen LogP contribution in [0, 0.1) is 72.8 Å². The third-order valence-electron chi connectivity index (χ3n) is 18.3. The van der Waals surface area contributed by atoms with Crippen LogP contribution in [0.5, 0.6) is 0 Å². The maximum atomic E-state index is 13.7. The number of rotatable bonds is 11. The van der Waals surface area contributed by atoms with E-state index in [1.54, 1.807) is 79.4 Å². The quantitative estimate of drug-likeness (QED) is 0.0937. The molecule has 9 heterocycles. The van der Waals surface area contributed by atoms with Crippen LogP contribution in [0.25, 0.3) is 88.4 Å². The van der Waals surface area contributed by atoms with Crippen molar-refractivity contribution in [2.75, 3.05) is 34.4 Å². The van der Waals surface area contributed by atoms with Gasteiger partial charge in [0.1, 0.15) is 46.3 Å². The summed E-state index contributed by atoms with van der Waals surface area (Å²) in [6.07, 6.45) is 10.1. The number of pyridine rings is 4. The Morgan fingerprint density at radius 3 is 1.05 bits per heavy atom. The highest BCUT2D eigenvalue weighted by Gasteiger charge is 2.22. The number of halogens is 4. The molecule has 108 heavy (non-hydrogen) atoms. The van der Waals surface area contributed by atoms with E-state index in [0.29, 0.717) is 39.2 Å². The van der Waals surface area contributed by atoms with E-state index >= 15 is 0 Å². The first-order chi connectivity index (χ1) is 52.1. The van der Waals surface area contributed by atoms with Crippen LogP contribution in [0.4, 0.5) is 41.2 Å². The Morgan fingerprint density at radius 1 is 0.370 bits per heavy atom. The maximum absolute atomic E-state index is 13.7. The minimum absolute atomic E-state index is 0.0228. The highest BCUT2D eigenvalue weighted by atomic mass is 35.5. The van der Waals surface area contributed by atoms with Crippen molar-refractivity contribution in [2.45, 2.75) is 74.7 Å². The molecule has 0 saturated carbocycles. The molecule has 16 rings (SSSR count). The van der Waals surface area contributed by atoms with Crippen LogP contribution in [0.1, 0.15) is 95.4 Å². The number of nitrogens with zero attached hydrogens (tertiary/aromatic N) is 9. The van der Waals surface area contributed by atoms with E-state index < -0.39 is 34.8 Å². The zero-order valence-corrected chi connectivity index (χ0v) is 60.5. The summed E-state index contributed by atoms with van der Waals surface area (Å²) >= 11 is 6.06. The average molecular weight is 1470 g/mol. The van der Waals surface area contributed by atoms with E-state index in [0.717, 1.165) is 160 Å². The number of carbonyl (C=O) groups is 4. The van der Waals surface area contributed by atoms with Gasteiger partial charge in [-0.25, -0.2) is 37.9 Å². The van der Waals surface area contributed by atoms with Gasteiger partial charge in [0.15, 0.2) is 22.3 Å². The topological polar surface area (TPSA) is 275 Å². The largest absolute Gasteiger partial charge is 0.356 e. The van der Waals surface area contributed by atoms with E-state index in [4.69, 9.17) is 29.7 Å². The highest BCUT2D eigenvalue weighted by molar-refractivity contribution is 6.34. The van der Waals surface area contributed by atoms with E-state index in [1.807, 2.05) is 114 Å². The predicted molar refractivity (Wildman–Crippen MR) is 409 cm³/mol. The standard InChI is InChI=1S/C21H16ClN3O2.C21H15F2N3O2.C21H16FN3O2.C20H22N4O2/c1-12-9-17-13(2)25-27-19(17)10-16(12)14-7-8-20(23-11-14)24-21(26)15-5-3-4-6-18(15)22;1-11-8-15-12(2)26-28-18(15)9-14(11)13-6-7-19(24-10-13)25-21(27)20-16(22)4-3-5-17(20)23;1-12-9-17-13(2)25-27-19(17)10-16(12)14-7-8-20(23-11-14)24-21(26)15-5-3-4-6-18(15)22;1-13-10-17-14(2)23-26-18(17)11-16(13)15-6-7-19(21-12-15)22-20(25)24-8-4-3-5-9-24/h3-11H,1-2H3,(H,23,24,26);3-10H,1-2H3,(H,24,25,27);3-11H,1-2H3,(H,23,24,26);6-7,10-12H,3-5,8-9H2,1-2H3,(H,21,22,25). The second-order valence-corrected chi connectivity index (χ2v) is 26.3. The van der Waals surface area contributed by atoms with Crippen molar-refractivity contribution in [1.82, 2.24) is 45.5 Å². The summed E-state index contributed by atoms with van der Waals surface area (Å²) in [5.41, 5.74) is 17.9. The van der Waals surface area contributed by atoms with Crippen LogP contribution in [-0.4, -0.2) is 82.3 Å². The number of hydrogen-bond acceptors (Lipinski definition) is 16. The molecule has 0 bridgehead atoms. The SMILES string of the molecule is Cc1cc2c(C)noc2cc1-c1ccc(NC(=O)N2CCCCC2)nc1.Cc1cc2c(C)noc2cc1-c1ccc(NC(=O)c2c(F)cccc2F)nc1.Cc1cc2c(C)noc2cc1-c1ccc(NC(=O)c2ccccc2Cl)nc1.Cc1cc2c(C)noc2cc1-c1ccc(NC(=O)c2ccccc2F)nc1. The number of benzene rings is 7. The van der Waals surface area contributed by atoms with Gasteiger partial charge in [0.25, 0.3) is 17.7 Å². The molecule has 4 N–H and O–H groups in total. The summed E-state index contributed by atoms with van der Waals surface area (Å²) in [6.45, 7) is 17.4. The molecule has 0 radical (unpaired) electrons. The van der Waals surface area contributed by atoms with Crippen molar-refractivity contribution in [3.63, 3.8) is 0 Å². The number of hydrogen-bond donors (Lipinski definition) is 4. The summed E-state index contributed by atoms with van der Waals surface area (Å²) in [6, 6.07) is 46.2. The highest BCUT2D eigenvalue weighted by Crippen LogP contribution is 2.35. The molecule has 0 aliphatic carbocycles. The Morgan fingerprint density at radius 2 is 0.694 bits per heavy atom. The molecular weight excluding hydrogens is 1400 g/mol. The lowest BCUT2D eigenvalue weighted by Gasteiger charge is -2.26. The number of fused-ring (bicyclic) bond motifs is 4. The van der Waals surface area contributed by atoms with E-state index in [1.165, 1.54) is 30.7 Å². The molecule has 8 aromatic heterocycles. The van der Waals surface area contributed by atoms with Crippen molar-refractivity contribution in [3.8, 4) is 44.5 Å². The molecule has 0 atom stereocenters. The zero-order valence-electron chi connectivity index (χ0n) is 59.7. The van der Waals surface area contributed by atoms with Gasteiger partial charge < -0.3 is 38.9 Å². The number of carbonyl (C=O) groups excluding carboxylic acids is 4. The van der Waals surface area contributed by atoms with Crippen LogP contribution in [0.2, 0.25) is 5.02 Å². The third kappa shape index (κ3) is 16.3. The number of urea groups is 1. The van der Waals surface area contributed by atoms with Crippen molar-refractivity contribution >= 4 is 103 Å².